The minimum atomic E-state index is -3.55. The summed E-state index contributed by atoms with van der Waals surface area (Å²) in [5.41, 5.74) is 1.92. The van der Waals surface area contributed by atoms with Crippen LogP contribution >= 0.6 is 0 Å². The SMILES string of the molecule is CCOc1ccc(S(=O)(=O)N2CCC(c3nc4ccncc4n3CC(C)C)C2)cc1. The molecule has 1 aliphatic rings. The van der Waals surface area contributed by atoms with E-state index in [2.05, 4.69) is 23.4 Å². The Morgan fingerprint density at radius 1 is 1.20 bits per heavy atom. The van der Waals surface area contributed by atoms with Gasteiger partial charge in [0.25, 0.3) is 0 Å². The lowest BCUT2D eigenvalue weighted by Gasteiger charge is -2.18. The third-order valence-corrected chi connectivity index (χ3v) is 7.30. The van der Waals surface area contributed by atoms with E-state index < -0.39 is 10.0 Å². The Kier molecular flexibility index (Phi) is 5.79. The van der Waals surface area contributed by atoms with Crippen molar-refractivity contribution in [2.24, 2.45) is 5.92 Å². The molecule has 2 aromatic heterocycles. The van der Waals surface area contributed by atoms with Gasteiger partial charge in [0, 0.05) is 31.7 Å². The van der Waals surface area contributed by atoms with Gasteiger partial charge in [0.1, 0.15) is 11.6 Å². The van der Waals surface area contributed by atoms with E-state index in [1.54, 1.807) is 34.8 Å². The number of nitrogens with zero attached hydrogens (tertiary/aromatic N) is 4. The maximum absolute atomic E-state index is 13.2. The van der Waals surface area contributed by atoms with Gasteiger partial charge in [-0.15, -0.1) is 0 Å². The van der Waals surface area contributed by atoms with Crippen LogP contribution in [0.15, 0.2) is 47.6 Å². The molecule has 1 aromatic carbocycles. The van der Waals surface area contributed by atoms with E-state index >= 15 is 0 Å². The van der Waals surface area contributed by atoms with Crippen LogP contribution in [0.3, 0.4) is 0 Å². The highest BCUT2D eigenvalue weighted by Gasteiger charge is 2.35. The van der Waals surface area contributed by atoms with E-state index in [1.165, 1.54) is 0 Å². The van der Waals surface area contributed by atoms with Gasteiger partial charge in [0.15, 0.2) is 0 Å². The van der Waals surface area contributed by atoms with E-state index in [-0.39, 0.29) is 5.92 Å². The summed E-state index contributed by atoms with van der Waals surface area (Å²) in [6.45, 7) is 8.55. The van der Waals surface area contributed by atoms with Crippen molar-refractivity contribution >= 4 is 21.1 Å². The lowest BCUT2D eigenvalue weighted by atomic mass is 10.1. The zero-order valence-corrected chi connectivity index (χ0v) is 18.5. The number of hydrogen-bond donors (Lipinski definition) is 0. The van der Waals surface area contributed by atoms with Crippen LogP contribution in [0.25, 0.3) is 11.0 Å². The molecule has 0 N–H and O–H groups in total. The van der Waals surface area contributed by atoms with E-state index in [0.717, 1.165) is 29.8 Å². The largest absolute Gasteiger partial charge is 0.494 e. The average Bonchev–Trinajstić information content (AvgIpc) is 3.34. The molecular weight excluding hydrogens is 400 g/mol. The predicted octanol–water partition coefficient (Wildman–Crippen LogP) is 3.66. The number of sulfonamides is 1. The lowest BCUT2D eigenvalue weighted by Crippen LogP contribution is -2.29. The quantitative estimate of drug-likeness (QED) is 0.574. The highest BCUT2D eigenvalue weighted by molar-refractivity contribution is 7.89. The van der Waals surface area contributed by atoms with Crippen molar-refractivity contribution in [2.45, 2.75) is 44.6 Å². The molecule has 3 heterocycles. The molecule has 0 saturated carbocycles. The van der Waals surface area contributed by atoms with Gasteiger partial charge in [-0.3, -0.25) is 4.98 Å². The number of rotatable bonds is 7. The fourth-order valence-electron chi connectivity index (χ4n) is 4.04. The molecule has 160 valence electrons. The predicted molar refractivity (Wildman–Crippen MR) is 116 cm³/mol. The Hall–Kier alpha value is -2.45. The highest BCUT2D eigenvalue weighted by Crippen LogP contribution is 2.33. The molecule has 1 atom stereocenters. The summed E-state index contributed by atoms with van der Waals surface area (Å²) >= 11 is 0. The summed E-state index contributed by atoms with van der Waals surface area (Å²) in [6.07, 6.45) is 4.35. The van der Waals surface area contributed by atoms with E-state index in [9.17, 15) is 8.42 Å². The van der Waals surface area contributed by atoms with Crippen molar-refractivity contribution in [3.63, 3.8) is 0 Å². The first kappa shape index (κ1) is 20.8. The zero-order chi connectivity index (χ0) is 21.3. The van der Waals surface area contributed by atoms with Crippen LogP contribution in [0.2, 0.25) is 0 Å². The topological polar surface area (TPSA) is 77.3 Å². The smallest absolute Gasteiger partial charge is 0.243 e. The first-order valence-electron chi connectivity index (χ1n) is 10.4. The molecule has 7 nitrogen and oxygen atoms in total. The minimum Gasteiger partial charge on any atom is -0.494 e. The maximum atomic E-state index is 13.2. The molecule has 8 heteroatoms. The van der Waals surface area contributed by atoms with Gasteiger partial charge in [0.2, 0.25) is 10.0 Å². The number of aromatic nitrogens is 3. The number of hydrogen-bond acceptors (Lipinski definition) is 5. The van der Waals surface area contributed by atoms with Crippen LogP contribution in [0, 0.1) is 5.92 Å². The fraction of sp³-hybridized carbons (Fsp3) is 0.455. The third-order valence-electron chi connectivity index (χ3n) is 5.42. The van der Waals surface area contributed by atoms with Crippen LogP contribution in [-0.4, -0.2) is 47.0 Å². The van der Waals surface area contributed by atoms with Crippen molar-refractivity contribution in [3.8, 4) is 5.75 Å². The van der Waals surface area contributed by atoms with Gasteiger partial charge in [-0.25, -0.2) is 13.4 Å². The molecule has 0 amide bonds. The molecule has 1 unspecified atom stereocenters. The molecule has 30 heavy (non-hydrogen) atoms. The molecule has 1 aliphatic heterocycles. The maximum Gasteiger partial charge on any atom is 0.243 e. The number of imidazole rings is 1. The lowest BCUT2D eigenvalue weighted by molar-refractivity contribution is 0.340. The Bertz CT molecular complexity index is 1120. The normalized spacial score (nSPS) is 17.8. The molecule has 0 bridgehead atoms. The summed E-state index contributed by atoms with van der Waals surface area (Å²) in [6, 6.07) is 8.57. The number of fused-ring (bicyclic) bond motifs is 1. The summed E-state index contributed by atoms with van der Waals surface area (Å²) < 4.78 is 35.5. The van der Waals surface area contributed by atoms with E-state index in [4.69, 9.17) is 9.72 Å². The van der Waals surface area contributed by atoms with Crippen molar-refractivity contribution in [1.29, 1.82) is 0 Å². The minimum absolute atomic E-state index is 0.0635. The number of benzene rings is 1. The molecule has 1 fully saturated rings. The monoisotopic (exact) mass is 428 g/mol. The first-order valence-corrected chi connectivity index (χ1v) is 11.9. The molecular formula is C22H28N4O3S. The average molecular weight is 429 g/mol. The Morgan fingerprint density at radius 2 is 1.97 bits per heavy atom. The Morgan fingerprint density at radius 3 is 2.67 bits per heavy atom. The van der Waals surface area contributed by atoms with Crippen LogP contribution in [-0.2, 0) is 16.6 Å². The molecule has 0 spiro atoms. The second-order valence-corrected chi connectivity index (χ2v) is 10.0. The van der Waals surface area contributed by atoms with Gasteiger partial charge in [-0.2, -0.15) is 4.31 Å². The van der Waals surface area contributed by atoms with Crippen LogP contribution in [0.4, 0.5) is 0 Å². The second kappa shape index (κ2) is 8.35. The molecule has 0 aliphatic carbocycles. The Labute approximate surface area is 177 Å². The number of pyridine rings is 1. The molecule has 3 aromatic rings. The first-order chi connectivity index (χ1) is 14.4. The molecule has 1 saturated heterocycles. The standard InChI is InChI=1S/C22H28N4O3S/c1-4-29-18-5-7-19(8-6-18)30(27,28)25-12-10-17(15-25)22-24-20-9-11-23-13-21(20)26(22)14-16(2)3/h5-9,11,13,16-17H,4,10,12,14-15H2,1-3H3. The summed E-state index contributed by atoms with van der Waals surface area (Å²) in [7, 11) is -3.55. The van der Waals surface area contributed by atoms with Gasteiger partial charge >= 0.3 is 0 Å². The summed E-state index contributed by atoms with van der Waals surface area (Å²) in [5.74, 6) is 2.14. The van der Waals surface area contributed by atoms with Crippen molar-refractivity contribution in [1.82, 2.24) is 18.8 Å². The van der Waals surface area contributed by atoms with E-state index in [1.807, 2.05) is 19.2 Å². The van der Waals surface area contributed by atoms with E-state index in [0.29, 0.717) is 36.3 Å². The summed E-state index contributed by atoms with van der Waals surface area (Å²) in [4.78, 5) is 9.41. The highest BCUT2D eigenvalue weighted by atomic mass is 32.2. The second-order valence-electron chi connectivity index (χ2n) is 8.09. The van der Waals surface area contributed by atoms with Gasteiger partial charge in [0.05, 0.1) is 28.7 Å². The van der Waals surface area contributed by atoms with Crippen molar-refractivity contribution in [3.05, 3.63) is 48.5 Å². The van der Waals surface area contributed by atoms with Crippen LogP contribution in [0.5, 0.6) is 5.75 Å². The van der Waals surface area contributed by atoms with Crippen molar-refractivity contribution in [2.75, 3.05) is 19.7 Å². The van der Waals surface area contributed by atoms with Gasteiger partial charge < -0.3 is 9.30 Å². The zero-order valence-electron chi connectivity index (χ0n) is 17.7. The fourth-order valence-corrected chi connectivity index (χ4v) is 5.54. The Balaban J connectivity index is 1.60. The number of ether oxygens (including phenoxy) is 1. The molecule has 0 radical (unpaired) electrons. The summed E-state index contributed by atoms with van der Waals surface area (Å²) in [5, 5.41) is 0. The third kappa shape index (κ3) is 3.94. The molecule has 4 rings (SSSR count). The van der Waals surface area contributed by atoms with Gasteiger partial charge in [-0.1, -0.05) is 13.8 Å². The van der Waals surface area contributed by atoms with Crippen molar-refractivity contribution < 1.29 is 13.2 Å². The van der Waals surface area contributed by atoms with Crippen LogP contribution < -0.4 is 4.74 Å². The van der Waals surface area contributed by atoms with Gasteiger partial charge in [-0.05, 0) is 49.6 Å². The van der Waals surface area contributed by atoms with Crippen LogP contribution in [0.1, 0.15) is 38.9 Å².